The number of likely N-dealkylation sites (tertiary alicyclic amines) is 2. The zero-order valence-electron chi connectivity index (χ0n) is 26.2. The number of ether oxygens (including phenoxy) is 2. The molecule has 4 aliphatic heterocycles. The Balaban J connectivity index is 1.15. The minimum Gasteiger partial charge on any atom is -0.451 e. The van der Waals surface area contributed by atoms with Crippen LogP contribution in [0.15, 0.2) is 59.5 Å². The highest BCUT2D eigenvalue weighted by Gasteiger charge is 2.49. The van der Waals surface area contributed by atoms with E-state index in [2.05, 4.69) is 10.00 Å². The van der Waals surface area contributed by atoms with Crippen LogP contribution in [0.5, 0.6) is 5.75 Å². The Morgan fingerprint density at radius 2 is 1.66 bits per heavy atom. The van der Waals surface area contributed by atoms with Gasteiger partial charge in [-0.2, -0.15) is 5.10 Å². The summed E-state index contributed by atoms with van der Waals surface area (Å²) in [7, 11) is 0. The van der Waals surface area contributed by atoms with Crippen LogP contribution in [0.1, 0.15) is 78.5 Å². The van der Waals surface area contributed by atoms with E-state index in [-0.39, 0.29) is 17.0 Å². The molecule has 0 spiro atoms. The van der Waals surface area contributed by atoms with Crippen LogP contribution in [-0.4, -0.2) is 88.1 Å². The molecule has 0 unspecified atom stereocenters. The summed E-state index contributed by atoms with van der Waals surface area (Å²) in [5, 5.41) is 4.40. The number of piperidine rings is 2. The molecule has 3 saturated heterocycles. The SMILES string of the molecule is O=C(OCOc1c2n(ncc1=O)[C@@H]([C@H](c1ccccc1)c1cccc(F)c1F)[C@H]1CCCN1C2=O)N1CCC(N2CCCCC2)CC1. The van der Waals surface area contributed by atoms with Crippen molar-refractivity contribution in [3.8, 4) is 5.75 Å². The fraction of sp³-hybridized carbons (Fsp3) is 0.486. The topological polar surface area (TPSA) is 97.2 Å². The molecular formula is C35H39F2N5O5. The second-order valence-corrected chi connectivity index (χ2v) is 12.8. The lowest BCUT2D eigenvalue weighted by Gasteiger charge is -2.42. The summed E-state index contributed by atoms with van der Waals surface area (Å²) in [5.41, 5.74) is 0.0776. The van der Waals surface area contributed by atoms with Gasteiger partial charge in [0.15, 0.2) is 17.3 Å². The first kappa shape index (κ1) is 31.3. The average molecular weight is 648 g/mol. The van der Waals surface area contributed by atoms with Gasteiger partial charge in [-0.05, 0) is 63.2 Å². The lowest BCUT2D eigenvalue weighted by atomic mass is 9.79. The number of hydrogen-bond acceptors (Lipinski definition) is 7. The van der Waals surface area contributed by atoms with Crippen molar-refractivity contribution >= 4 is 12.0 Å². The summed E-state index contributed by atoms with van der Waals surface area (Å²) in [5.74, 6) is -3.44. The van der Waals surface area contributed by atoms with E-state index in [9.17, 15) is 18.8 Å². The number of fused-ring (bicyclic) bond motifs is 2. The van der Waals surface area contributed by atoms with Gasteiger partial charge in [-0.1, -0.05) is 48.9 Å². The maximum atomic E-state index is 15.5. The lowest BCUT2D eigenvalue weighted by Crippen LogP contribution is -2.51. The van der Waals surface area contributed by atoms with Crippen molar-refractivity contribution in [1.29, 1.82) is 0 Å². The van der Waals surface area contributed by atoms with Gasteiger partial charge in [-0.15, -0.1) is 0 Å². The first-order valence-electron chi connectivity index (χ1n) is 16.6. The van der Waals surface area contributed by atoms with Crippen LogP contribution in [0.4, 0.5) is 13.6 Å². The van der Waals surface area contributed by atoms with Gasteiger partial charge in [0, 0.05) is 37.2 Å². The molecule has 3 fully saturated rings. The van der Waals surface area contributed by atoms with E-state index < -0.39 is 53.9 Å². The molecule has 2 aromatic carbocycles. The van der Waals surface area contributed by atoms with Gasteiger partial charge >= 0.3 is 6.09 Å². The van der Waals surface area contributed by atoms with Gasteiger partial charge in [-0.3, -0.25) is 14.3 Å². The molecule has 10 nitrogen and oxygen atoms in total. The van der Waals surface area contributed by atoms with Gasteiger partial charge in [-0.25, -0.2) is 13.6 Å². The smallest absolute Gasteiger partial charge is 0.412 e. The highest BCUT2D eigenvalue weighted by atomic mass is 19.2. The minimum atomic E-state index is -0.978. The Labute approximate surface area is 271 Å². The van der Waals surface area contributed by atoms with E-state index in [1.807, 2.05) is 30.3 Å². The number of nitrogens with zero attached hydrogens (tertiary/aromatic N) is 5. The van der Waals surface area contributed by atoms with E-state index in [1.165, 1.54) is 30.0 Å². The highest BCUT2D eigenvalue weighted by Crippen LogP contribution is 2.46. The number of carbonyl (C=O) groups is 2. The largest absolute Gasteiger partial charge is 0.451 e. The monoisotopic (exact) mass is 647 g/mol. The number of aromatic nitrogens is 2. The van der Waals surface area contributed by atoms with E-state index in [0.29, 0.717) is 44.1 Å². The fourth-order valence-electron chi connectivity index (χ4n) is 7.98. The van der Waals surface area contributed by atoms with E-state index in [4.69, 9.17) is 9.47 Å². The number of hydrogen-bond donors (Lipinski definition) is 0. The Hall–Kier alpha value is -4.32. The van der Waals surface area contributed by atoms with Gasteiger partial charge < -0.3 is 24.2 Å². The molecule has 0 saturated carbocycles. The molecule has 0 radical (unpaired) electrons. The van der Waals surface area contributed by atoms with Gasteiger partial charge in [0.25, 0.3) is 5.91 Å². The molecule has 47 heavy (non-hydrogen) atoms. The van der Waals surface area contributed by atoms with Crippen LogP contribution in [0, 0.1) is 11.6 Å². The third-order valence-corrected chi connectivity index (χ3v) is 10.2. The molecule has 4 aliphatic rings. The molecular weight excluding hydrogens is 608 g/mol. The Morgan fingerprint density at radius 3 is 2.43 bits per heavy atom. The zero-order chi connectivity index (χ0) is 32.5. The van der Waals surface area contributed by atoms with Crippen molar-refractivity contribution in [2.24, 2.45) is 0 Å². The van der Waals surface area contributed by atoms with Crippen LogP contribution >= 0.6 is 0 Å². The summed E-state index contributed by atoms with van der Waals surface area (Å²) in [6.45, 7) is 3.21. The van der Waals surface area contributed by atoms with E-state index in [1.54, 1.807) is 15.9 Å². The Bertz CT molecular complexity index is 1670. The predicted octanol–water partition coefficient (Wildman–Crippen LogP) is 4.94. The second kappa shape index (κ2) is 13.4. The van der Waals surface area contributed by atoms with Crippen molar-refractivity contribution in [3.63, 3.8) is 0 Å². The van der Waals surface area contributed by atoms with Crippen molar-refractivity contribution in [2.75, 3.05) is 39.5 Å². The molecule has 12 heteroatoms. The normalized spacial score (nSPS) is 22.5. The van der Waals surface area contributed by atoms with Crippen molar-refractivity contribution < 1.29 is 27.8 Å². The Morgan fingerprint density at radius 1 is 0.894 bits per heavy atom. The molecule has 3 atom stereocenters. The van der Waals surface area contributed by atoms with E-state index in [0.717, 1.165) is 38.2 Å². The van der Waals surface area contributed by atoms with E-state index >= 15 is 4.39 Å². The van der Waals surface area contributed by atoms with Crippen LogP contribution in [0.3, 0.4) is 0 Å². The first-order chi connectivity index (χ1) is 22.9. The number of benzene rings is 2. The third kappa shape index (κ3) is 5.99. The number of amides is 2. The quantitative estimate of drug-likeness (QED) is 0.336. The molecule has 1 aromatic heterocycles. The summed E-state index contributed by atoms with van der Waals surface area (Å²) in [6, 6.07) is 12.6. The average Bonchev–Trinajstić information content (AvgIpc) is 3.60. The summed E-state index contributed by atoms with van der Waals surface area (Å²) in [6.07, 6.45) is 7.28. The summed E-state index contributed by atoms with van der Waals surface area (Å²) in [4.78, 5) is 45.9. The van der Waals surface area contributed by atoms with Gasteiger partial charge in [0.2, 0.25) is 18.0 Å². The molecule has 248 valence electrons. The molecule has 7 rings (SSSR count). The van der Waals surface area contributed by atoms with Crippen molar-refractivity contribution in [1.82, 2.24) is 24.5 Å². The highest BCUT2D eigenvalue weighted by molar-refractivity contribution is 5.96. The van der Waals surface area contributed by atoms with Crippen LogP contribution in [0.25, 0.3) is 0 Å². The van der Waals surface area contributed by atoms with Gasteiger partial charge in [0.1, 0.15) is 0 Å². The van der Waals surface area contributed by atoms with Crippen molar-refractivity contribution in [3.05, 3.63) is 93.4 Å². The maximum absolute atomic E-state index is 15.5. The predicted molar refractivity (Wildman–Crippen MR) is 168 cm³/mol. The molecule has 2 amide bonds. The molecule has 0 bridgehead atoms. The van der Waals surface area contributed by atoms with Crippen LogP contribution in [-0.2, 0) is 4.74 Å². The lowest BCUT2D eigenvalue weighted by molar-refractivity contribution is 0.0201. The maximum Gasteiger partial charge on any atom is 0.412 e. The number of rotatable bonds is 7. The van der Waals surface area contributed by atoms with Gasteiger partial charge in [0.05, 0.1) is 18.3 Å². The summed E-state index contributed by atoms with van der Waals surface area (Å²) < 4.78 is 42.8. The molecule has 5 heterocycles. The number of halogens is 2. The molecule has 0 aliphatic carbocycles. The van der Waals surface area contributed by atoms with Crippen molar-refractivity contribution in [2.45, 2.75) is 69.0 Å². The zero-order valence-corrected chi connectivity index (χ0v) is 26.2. The first-order valence-corrected chi connectivity index (χ1v) is 16.6. The second-order valence-electron chi connectivity index (χ2n) is 12.8. The number of carbonyl (C=O) groups excluding carboxylic acids is 2. The van der Waals surface area contributed by atoms with Crippen LogP contribution in [0.2, 0.25) is 0 Å². The fourth-order valence-corrected chi connectivity index (χ4v) is 7.98. The standard InChI is InChI=1S/C35H39F2N5O5/c36-26-12-7-11-25(30(26)37)29(23-9-3-1-4-10-23)31-27-13-8-18-41(27)34(44)32-33(28(43)21-38-42(31)32)46-22-47-35(45)40-19-14-24(15-20-40)39-16-5-2-6-17-39/h1,3-4,7,9-12,21,24,27,29,31H,2,5-6,8,13-20,22H2/t27-,29-,31-/m1/s1. The third-order valence-electron chi connectivity index (χ3n) is 10.2. The Kier molecular flexibility index (Phi) is 8.94. The molecule has 0 N–H and O–H groups in total. The minimum absolute atomic E-state index is 0.100. The molecule has 3 aromatic rings. The van der Waals surface area contributed by atoms with Crippen LogP contribution < -0.4 is 10.2 Å². The summed E-state index contributed by atoms with van der Waals surface area (Å²) >= 11 is 0.